The van der Waals surface area contributed by atoms with Crippen LogP contribution in [0.1, 0.15) is 16.1 Å². The summed E-state index contributed by atoms with van der Waals surface area (Å²) in [4.78, 5) is 31.8. The molecule has 0 spiro atoms. The van der Waals surface area contributed by atoms with Gasteiger partial charge in [-0.15, -0.1) is 0 Å². The Kier molecular flexibility index (Phi) is 5.27. The summed E-state index contributed by atoms with van der Waals surface area (Å²) in [5, 5.41) is 7.24. The van der Waals surface area contributed by atoms with E-state index < -0.39 is 5.91 Å². The predicted molar refractivity (Wildman–Crippen MR) is 112 cm³/mol. The lowest BCUT2D eigenvalue weighted by Gasteiger charge is -2.11. The number of carbonyl (C=O) groups excluding carboxylic acids is 1. The zero-order chi connectivity index (χ0) is 22.0. The fourth-order valence-electron chi connectivity index (χ4n) is 3.01. The summed E-state index contributed by atoms with van der Waals surface area (Å²) in [6, 6.07) is 11.3. The number of benzene rings is 1. The van der Waals surface area contributed by atoms with Gasteiger partial charge >= 0.3 is 0 Å². The highest BCUT2D eigenvalue weighted by molar-refractivity contribution is 6.04. The average molecular weight is 421 g/mol. The first-order chi connectivity index (χ1) is 15.0. The molecule has 0 aliphatic carbocycles. The Labute approximate surface area is 176 Å². The van der Waals surface area contributed by atoms with Crippen molar-refractivity contribution in [2.45, 2.75) is 6.92 Å². The number of methoxy groups -OCH3 is 2. The van der Waals surface area contributed by atoms with Gasteiger partial charge in [-0.05, 0) is 37.3 Å². The van der Waals surface area contributed by atoms with Crippen molar-refractivity contribution in [2.24, 2.45) is 0 Å². The first-order valence-corrected chi connectivity index (χ1v) is 9.24. The molecule has 0 aliphatic rings. The smallest absolute Gasteiger partial charge is 0.256 e. The standard InChI is InChI=1S/C21H19N5O5/c1-12-9-19(27)24-21(22-12)26-18(11-14(25-26)15-5-4-8-31-15)23-20(28)13-6-7-16(29-2)17(10-13)30-3/h4-11H,1-3H3,(H,23,28)(H,22,24,27). The van der Waals surface area contributed by atoms with Crippen LogP contribution < -0.4 is 20.3 Å². The van der Waals surface area contributed by atoms with E-state index in [1.807, 2.05) is 0 Å². The minimum atomic E-state index is -0.414. The van der Waals surface area contributed by atoms with Crippen molar-refractivity contribution in [3.63, 3.8) is 0 Å². The highest BCUT2D eigenvalue weighted by Crippen LogP contribution is 2.29. The predicted octanol–water partition coefficient (Wildman–Crippen LogP) is 2.79. The molecule has 0 radical (unpaired) electrons. The number of aromatic nitrogens is 4. The number of aromatic amines is 1. The molecule has 4 rings (SSSR count). The van der Waals surface area contributed by atoms with Gasteiger partial charge in [-0.2, -0.15) is 9.78 Å². The second kappa shape index (κ2) is 8.19. The van der Waals surface area contributed by atoms with Gasteiger partial charge in [0, 0.05) is 23.4 Å². The van der Waals surface area contributed by atoms with E-state index in [2.05, 4.69) is 20.4 Å². The molecular weight excluding hydrogens is 402 g/mol. The minimum Gasteiger partial charge on any atom is -0.493 e. The number of hydrogen-bond acceptors (Lipinski definition) is 7. The molecule has 158 valence electrons. The first kappa shape index (κ1) is 20.0. The Morgan fingerprint density at radius 2 is 1.94 bits per heavy atom. The Bertz CT molecular complexity index is 1290. The lowest BCUT2D eigenvalue weighted by atomic mass is 10.2. The van der Waals surface area contributed by atoms with Crippen molar-refractivity contribution < 1.29 is 18.7 Å². The van der Waals surface area contributed by atoms with E-state index in [1.54, 1.807) is 43.3 Å². The number of anilines is 1. The molecule has 3 heterocycles. The van der Waals surface area contributed by atoms with Crippen molar-refractivity contribution in [1.29, 1.82) is 0 Å². The van der Waals surface area contributed by atoms with Crippen molar-refractivity contribution in [3.8, 4) is 28.9 Å². The van der Waals surface area contributed by atoms with Gasteiger partial charge in [0.15, 0.2) is 17.3 Å². The van der Waals surface area contributed by atoms with Gasteiger partial charge < -0.3 is 19.2 Å². The van der Waals surface area contributed by atoms with Gasteiger partial charge in [0.2, 0.25) is 5.95 Å². The molecule has 4 aromatic rings. The van der Waals surface area contributed by atoms with Gasteiger partial charge in [0.25, 0.3) is 11.5 Å². The molecule has 31 heavy (non-hydrogen) atoms. The highest BCUT2D eigenvalue weighted by Gasteiger charge is 2.18. The number of hydrogen-bond donors (Lipinski definition) is 2. The summed E-state index contributed by atoms with van der Waals surface area (Å²) < 4.78 is 17.2. The van der Waals surface area contributed by atoms with E-state index in [0.29, 0.717) is 40.0 Å². The van der Waals surface area contributed by atoms with Gasteiger partial charge in [-0.3, -0.25) is 14.6 Å². The van der Waals surface area contributed by atoms with Gasteiger partial charge in [0.05, 0.1) is 20.5 Å². The number of amides is 1. The molecule has 0 aliphatic heterocycles. The zero-order valence-corrected chi connectivity index (χ0v) is 17.0. The molecule has 2 N–H and O–H groups in total. The molecule has 0 fully saturated rings. The van der Waals surface area contributed by atoms with Crippen LogP contribution in [-0.4, -0.2) is 39.9 Å². The summed E-state index contributed by atoms with van der Waals surface area (Å²) in [5.41, 5.74) is 0.966. The Morgan fingerprint density at radius 3 is 2.61 bits per heavy atom. The lowest BCUT2D eigenvalue weighted by molar-refractivity contribution is 0.102. The monoisotopic (exact) mass is 421 g/mol. The second-order valence-corrected chi connectivity index (χ2v) is 6.54. The SMILES string of the molecule is COc1ccc(C(=O)Nc2cc(-c3ccco3)nn2-c2nc(C)cc(=O)[nH]2)cc1OC. The molecular formula is C21H19N5O5. The van der Waals surface area contributed by atoms with Crippen LogP contribution in [0.25, 0.3) is 17.4 Å². The van der Waals surface area contributed by atoms with E-state index in [4.69, 9.17) is 13.9 Å². The third kappa shape index (κ3) is 4.04. The number of aryl methyl sites for hydroxylation is 1. The molecule has 0 atom stereocenters. The van der Waals surface area contributed by atoms with Crippen molar-refractivity contribution in [2.75, 3.05) is 19.5 Å². The van der Waals surface area contributed by atoms with Crippen LogP contribution in [0.4, 0.5) is 5.82 Å². The Balaban J connectivity index is 1.75. The number of furan rings is 1. The number of nitrogens with one attached hydrogen (secondary N) is 2. The van der Waals surface area contributed by atoms with Gasteiger partial charge in [-0.25, -0.2) is 4.98 Å². The number of nitrogens with zero attached hydrogens (tertiary/aromatic N) is 3. The van der Waals surface area contributed by atoms with Crippen LogP contribution in [0.15, 0.2) is 57.9 Å². The maximum Gasteiger partial charge on any atom is 0.256 e. The van der Waals surface area contributed by atoms with Crippen LogP contribution in [-0.2, 0) is 0 Å². The van der Waals surface area contributed by atoms with Crippen LogP contribution in [0.2, 0.25) is 0 Å². The molecule has 10 nitrogen and oxygen atoms in total. The molecule has 0 saturated heterocycles. The maximum atomic E-state index is 12.9. The average Bonchev–Trinajstić information content (AvgIpc) is 3.42. The zero-order valence-electron chi connectivity index (χ0n) is 17.0. The second-order valence-electron chi connectivity index (χ2n) is 6.54. The van der Waals surface area contributed by atoms with E-state index in [1.165, 1.54) is 31.2 Å². The normalized spacial score (nSPS) is 10.7. The molecule has 1 aromatic carbocycles. The largest absolute Gasteiger partial charge is 0.493 e. The third-order valence-corrected chi connectivity index (χ3v) is 4.43. The van der Waals surface area contributed by atoms with Crippen LogP contribution in [0, 0.1) is 6.92 Å². The summed E-state index contributed by atoms with van der Waals surface area (Å²) in [7, 11) is 3.01. The summed E-state index contributed by atoms with van der Waals surface area (Å²) in [6.07, 6.45) is 1.52. The quantitative estimate of drug-likeness (QED) is 0.490. The molecule has 1 amide bonds. The van der Waals surface area contributed by atoms with E-state index in [0.717, 1.165) is 0 Å². The number of H-pyrrole nitrogens is 1. The lowest BCUT2D eigenvalue weighted by Crippen LogP contribution is -2.19. The molecule has 0 saturated carbocycles. The van der Waals surface area contributed by atoms with Crippen molar-refractivity contribution in [1.82, 2.24) is 19.7 Å². The van der Waals surface area contributed by atoms with E-state index in [-0.39, 0.29) is 11.5 Å². The Morgan fingerprint density at radius 1 is 1.13 bits per heavy atom. The summed E-state index contributed by atoms with van der Waals surface area (Å²) >= 11 is 0. The third-order valence-electron chi connectivity index (χ3n) is 4.43. The fourth-order valence-corrected chi connectivity index (χ4v) is 3.01. The first-order valence-electron chi connectivity index (χ1n) is 9.24. The Hall–Kier alpha value is -4.34. The fraction of sp³-hybridized carbons (Fsp3) is 0.143. The molecule has 10 heteroatoms. The highest BCUT2D eigenvalue weighted by atomic mass is 16.5. The van der Waals surface area contributed by atoms with E-state index in [9.17, 15) is 9.59 Å². The number of carbonyl (C=O) groups is 1. The number of ether oxygens (including phenoxy) is 2. The maximum absolute atomic E-state index is 12.9. The van der Waals surface area contributed by atoms with Crippen LogP contribution >= 0.6 is 0 Å². The van der Waals surface area contributed by atoms with Crippen molar-refractivity contribution in [3.05, 3.63) is 70.3 Å². The number of rotatable bonds is 6. The van der Waals surface area contributed by atoms with Gasteiger partial charge in [0.1, 0.15) is 11.5 Å². The molecule has 0 unspecified atom stereocenters. The van der Waals surface area contributed by atoms with Gasteiger partial charge in [-0.1, -0.05) is 0 Å². The van der Waals surface area contributed by atoms with Crippen LogP contribution in [0.5, 0.6) is 11.5 Å². The summed E-state index contributed by atoms with van der Waals surface area (Å²) in [6.45, 7) is 1.69. The molecule has 0 bridgehead atoms. The van der Waals surface area contributed by atoms with Crippen LogP contribution in [0.3, 0.4) is 0 Å². The topological polar surface area (TPSA) is 124 Å². The van der Waals surface area contributed by atoms with Crippen molar-refractivity contribution >= 4 is 11.7 Å². The molecule has 3 aromatic heterocycles. The summed E-state index contributed by atoms with van der Waals surface area (Å²) in [5.74, 6) is 1.46. The minimum absolute atomic E-state index is 0.158. The van der Waals surface area contributed by atoms with E-state index >= 15 is 0 Å².